The van der Waals surface area contributed by atoms with Gasteiger partial charge in [-0.1, -0.05) is 26.7 Å². The molecule has 1 aromatic heterocycles. The van der Waals surface area contributed by atoms with Crippen LogP contribution < -0.4 is 5.56 Å². The Bertz CT molecular complexity index is 845. The van der Waals surface area contributed by atoms with Crippen LogP contribution in [0.25, 0.3) is 5.69 Å². The number of carbonyl (C=O) groups is 1. The third-order valence-corrected chi connectivity index (χ3v) is 4.97. The minimum absolute atomic E-state index is 0.140. The van der Waals surface area contributed by atoms with Gasteiger partial charge in [0.15, 0.2) is 0 Å². The lowest BCUT2D eigenvalue weighted by molar-refractivity contribution is 0.0653. The summed E-state index contributed by atoms with van der Waals surface area (Å²) < 4.78 is 14.3. The molecule has 5 nitrogen and oxygen atoms in total. The summed E-state index contributed by atoms with van der Waals surface area (Å²) in [5.41, 5.74) is 0.327. The Morgan fingerprint density at radius 2 is 1.89 bits per heavy atom. The quantitative estimate of drug-likeness (QED) is 0.821. The Kier molecular flexibility index (Phi) is 6.04. The Morgan fingerprint density at radius 1 is 1.15 bits per heavy atom. The summed E-state index contributed by atoms with van der Waals surface area (Å²) in [6.07, 6.45) is 5.20. The predicted octanol–water partition coefficient (Wildman–Crippen LogP) is 3.80. The molecule has 27 heavy (non-hydrogen) atoms. The van der Waals surface area contributed by atoms with Gasteiger partial charge in [-0.3, -0.25) is 9.59 Å². The molecule has 3 rings (SSSR count). The zero-order valence-electron chi connectivity index (χ0n) is 15.9. The van der Waals surface area contributed by atoms with Crippen LogP contribution in [0.4, 0.5) is 4.39 Å². The van der Waals surface area contributed by atoms with Gasteiger partial charge in [-0.05, 0) is 55.5 Å². The summed E-state index contributed by atoms with van der Waals surface area (Å²) in [5.74, 6) is -0.0249. The van der Waals surface area contributed by atoms with E-state index in [1.165, 1.54) is 36.4 Å². The van der Waals surface area contributed by atoms with Crippen molar-refractivity contribution in [3.63, 3.8) is 0 Å². The first-order valence-corrected chi connectivity index (χ1v) is 9.63. The highest BCUT2D eigenvalue weighted by Gasteiger charge is 2.28. The fraction of sp³-hybridized carbons (Fsp3) is 0.476. The van der Waals surface area contributed by atoms with Crippen molar-refractivity contribution in [3.05, 3.63) is 58.3 Å². The lowest BCUT2D eigenvalue weighted by atomic mass is 9.98. The van der Waals surface area contributed by atoms with E-state index in [9.17, 15) is 14.0 Å². The van der Waals surface area contributed by atoms with Gasteiger partial charge in [0.1, 0.15) is 11.5 Å². The van der Waals surface area contributed by atoms with Crippen molar-refractivity contribution < 1.29 is 9.18 Å². The minimum atomic E-state index is -0.389. The molecule has 1 unspecified atom stereocenters. The van der Waals surface area contributed by atoms with Gasteiger partial charge < -0.3 is 4.90 Å². The van der Waals surface area contributed by atoms with Gasteiger partial charge in [-0.2, -0.15) is 9.78 Å². The molecule has 1 amide bonds. The molecule has 0 aliphatic carbocycles. The fourth-order valence-corrected chi connectivity index (χ4v) is 3.67. The molecule has 1 saturated heterocycles. The topological polar surface area (TPSA) is 55.2 Å². The molecular weight excluding hydrogens is 345 g/mol. The summed E-state index contributed by atoms with van der Waals surface area (Å²) in [5, 5.41) is 4.28. The van der Waals surface area contributed by atoms with E-state index in [1.54, 1.807) is 0 Å². The van der Waals surface area contributed by atoms with Gasteiger partial charge in [0.05, 0.1) is 5.69 Å². The van der Waals surface area contributed by atoms with Crippen molar-refractivity contribution in [2.24, 2.45) is 5.92 Å². The van der Waals surface area contributed by atoms with E-state index in [0.717, 1.165) is 36.8 Å². The highest BCUT2D eigenvalue weighted by atomic mass is 19.1. The number of rotatable bonds is 4. The van der Waals surface area contributed by atoms with Crippen molar-refractivity contribution in [1.29, 1.82) is 0 Å². The Morgan fingerprint density at radius 3 is 2.59 bits per heavy atom. The van der Waals surface area contributed by atoms with Crippen LogP contribution in [0.3, 0.4) is 0 Å². The van der Waals surface area contributed by atoms with Crippen molar-refractivity contribution in [2.45, 2.75) is 52.0 Å². The predicted molar refractivity (Wildman–Crippen MR) is 103 cm³/mol. The Balaban J connectivity index is 1.92. The van der Waals surface area contributed by atoms with Crippen LogP contribution in [0, 0.1) is 11.7 Å². The molecule has 2 aromatic rings. The number of amides is 1. The van der Waals surface area contributed by atoms with Crippen molar-refractivity contribution in [2.75, 3.05) is 6.54 Å². The summed E-state index contributed by atoms with van der Waals surface area (Å²) in [6.45, 7) is 5.05. The van der Waals surface area contributed by atoms with Crippen molar-refractivity contribution >= 4 is 5.91 Å². The van der Waals surface area contributed by atoms with Gasteiger partial charge in [0.25, 0.3) is 11.5 Å². The molecule has 1 aliphatic heterocycles. The maximum atomic E-state index is 13.2. The van der Waals surface area contributed by atoms with Crippen LogP contribution in [0.2, 0.25) is 0 Å². The first-order chi connectivity index (χ1) is 13.0. The van der Waals surface area contributed by atoms with E-state index in [0.29, 0.717) is 18.2 Å². The molecule has 2 heterocycles. The van der Waals surface area contributed by atoms with Crippen molar-refractivity contribution in [1.82, 2.24) is 14.7 Å². The maximum absolute atomic E-state index is 13.2. The SMILES string of the molecule is CC(C)CC1CCCCCN1C(=O)c1ccc(=O)n(-c2ccc(F)cc2)n1. The molecule has 0 radical (unpaired) electrons. The standard InChI is InChI=1S/C21H26FN3O2/c1-15(2)14-18-6-4-3-5-13-24(18)21(27)19-11-12-20(26)25(23-19)17-9-7-16(22)8-10-17/h7-12,15,18H,3-6,13-14H2,1-2H3. The number of aromatic nitrogens is 2. The molecule has 0 saturated carbocycles. The second kappa shape index (κ2) is 8.46. The zero-order chi connectivity index (χ0) is 19.4. The lowest BCUT2D eigenvalue weighted by Crippen LogP contribution is -2.41. The maximum Gasteiger partial charge on any atom is 0.274 e. The van der Waals surface area contributed by atoms with Gasteiger partial charge >= 0.3 is 0 Å². The van der Waals surface area contributed by atoms with Crippen LogP contribution >= 0.6 is 0 Å². The van der Waals surface area contributed by atoms with Gasteiger partial charge in [0, 0.05) is 18.7 Å². The lowest BCUT2D eigenvalue weighted by Gasteiger charge is -2.31. The first-order valence-electron chi connectivity index (χ1n) is 9.63. The number of halogens is 1. The molecule has 1 atom stereocenters. The van der Waals surface area contributed by atoms with E-state index in [4.69, 9.17) is 0 Å². The second-order valence-electron chi connectivity index (χ2n) is 7.58. The summed E-state index contributed by atoms with van der Waals surface area (Å²) in [4.78, 5) is 27.3. The smallest absolute Gasteiger partial charge is 0.274 e. The Hall–Kier alpha value is -2.50. The summed E-state index contributed by atoms with van der Waals surface area (Å²) in [7, 11) is 0. The van der Waals surface area contributed by atoms with E-state index in [2.05, 4.69) is 18.9 Å². The fourth-order valence-electron chi connectivity index (χ4n) is 3.67. The zero-order valence-corrected chi connectivity index (χ0v) is 15.9. The molecule has 0 spiro atoms. The first kappa shape index (κ1) is 19.3. The van der Waals surface area contributed by atoms with Crippen molar-refractivity contribution in [3.8, 4) is 5.69 Å². The normalized spacial score (nSPS) is 17.8. The number of benzene rings is 1. The number of nitrogens with zero attached hydrogens (tertiary/aromatic N) is 3. The number of hydrogen-bond acceptors (Lipinski definition) is 3. The van der Waals surface area contributed by atoms with Gasteiger partial charge in [-0.15, -0.1) is 0 Å². The van der Waals surface area contributed by atoms with E-state index in [1.807, 2.05) is 4.90 Å². The van der Waals surface area contributed by atoms with Crippen LogP contribution in [-0.4, -0.2) is 33.2 Å². The highest BCUT2D eigenvalue weighted by molar-refractivity contribution is 5.92. The third-order valence-electron chi connectivity index (χ3n) is 4.97. The number of likely N-dealkylation sites (tertiary alicyclic amines) is 1. The molecule has 0 N–H and O–H groups in total. The second-order valence-corrected chi connectivity index (χ2v) is 7.58. The minimum Gasteiger partial charge on any atom is -0.334 e. The molecule has 144 valence electrons. The van der Waals surface area contributed by atoms with Crippen LogP contribution in [0.15, 0.2) is 41.2 Å². The molecule has 6 heteroatoms. The van der Waals surface area contributed by atoms with E-state index in [-0.39, 0.29) is 29.0 Å². The summed E-state index contributed by atoms with van der Waals surface area (Å²) >= 11 is 0. The Labute approximate surface area is 158 Å². The van der Waals surface area contributed by atoms with E-state index >= 15 is 0 Å². The van der Waals surface area contributed by atoms with E-state index < -0.39 is 0 Å². The van der Waals surface area contributed by atoms with Crippen LogP contribution in [0.5, 0.6) is 0 Å². The van der Waals surface area contributed by atoms with Crippen LogP contribution in [0.1, 0.15) is 56.4 Å². The van der Waals surface area contributed by atoms with Crippen LogP contribution in [-0.2, 0) is 0 Å². The van der Waals surface area contributed by atoms with Gasteiger partial charge in [0.2, 0.25) is 0 Å². The molecular formula is C21H26FN3O2. The molecule has 1 aromatic carbocycles. The molecule has 1 fully saturated rings. The van der Waals surface area contributed by atoms with Gasteiger partial charge in [-0.25, -0.2) is 4.39 Å². The number of hydrogen-bond donors (Lipinski definition) is 0. The summed E-state index contributed by atoms with van der Waals surface area (Å²) in [6, 6.07) is 8.53. The average Bonchev–Trinajstić information content (AvgIpc) is 2.87. The third kappa shape index (κ3) is 4.62. The highest BCUT2D eigenvalue weighted by Crippen LogP contribution is 2.23. The number of carbonyl (C=O) groups excluding carboxylic acids is 1. The average molecular weight is 371 g/mol. The largest absolute Gasteiger partial charge is 0.334 e. The molecule has 0 bridgehead atoms. The monoisotopic (exact) mass is 371 g/mol. The molecule has 1 aliphatic rings.